The molecule has 116 valence electrons. The minimum atomic E-state index is -0.692. The number of aliphatic hydroxyl groups excluding tert-OH is 1. The van der Waals surface area contributed by atoms with E-state index in [1.54, 1.807) is 24.3 Å². The monoisotopic (exact) mass is 299 g/mol. The van der Waals surface area contributed by atoms with Crippen LogP contribution in [0.1, 0.15) is 29.7 Å². The van der Waals surface area contributed by atoms with Gasteiger partial charge in [-0.3, -0.25) is 4.79 Å². The molecular weight excluding hydrogens is 278 g/mol. The molecular formula is C18H21NO3. The molecule has 2 N–H and O–H groups in total. The van der Waals surface area contributed by atoms with Crippen molar-refractivity contribution < 1.29 is 14.6 Å². The Morgan fingerprint density at radius 3 is 2.50 bits per heavy atom. The van der Waals surface area contributed by atoms with Crippen molar-refractivity contribution >= 4 is 11.6 Å². The number of ether oxygens (including phenoxy) is 1. The highest BCUT2D eigenvalue weighted by Crippen LogP contribution is 2.21. The summed E-state index contributed by atoms with van der Waals surface area (Å²) in [6.07, 6.45) is -0.692. The van der Waals surface area contributed by atoms with Gasteiger partial charge in [-0.25, -0.2) is 0 Å². The number of aliphatic hydroxyl groups is 1. The molecule has 0 spiro atoms. The quantitative estimate of drug-likeness (QED) is 0.890. The Morgan fingerprint density at radius 2 is 1.86 bits per heavy atom. The molecule has 0 fully saturated rings. The second kappa shape index (κ2) is 7.09. The van der Waals surface area contributed by atoms with Gasteiger partial charge in [0.15, 0.2) is 0 Å². The summed E-state index contributed by atoms with van der Waals surface area (Å²) in [6, 6.07) is 13.1. The molecule has 1 atom stereocenters. The van der Waals surface area contributed by atoms with Gasteiger partial charge in [0, 0.05) is 18.7 Å². The summed E-state index contributed by atoms with van der Waals surface area (Å²) < 4.78 is 5.62. The van der Waals surface area contributed by atoms with Gasteiger partial charge < -0.3 is 15.2 Å². The van der Waals surface area contributed by atoms with Gasteiger partial charge in [-0.2, -0.15) is 0 Å². The number of carbonyl (C=O) groups is 1. The molecule has 2 aromatic carbocycles. The van der Waals surface area contributed by atoms with E-state index in [9.17, 15) is 9.90 Å². The predicted octanol–water partition coefficient (Wildman–Crippen LogP) is 3.37. The zero-order valence-electron chi connectivity index (χ0n) is 13.1. The van der Waals surface area contributed by atoms with E-state index < -0.39 is 6.10 Å². The minimum Gasteiger partial charge on any atom is -0.490 e. The van der Waals surface area contributed by atoms with Gasteiger partial charge in [-0.05, 0) is 31.5 Å². The van der Waals surface area contributed by atoms with Crippen molar-refractivity contribution in [2.45, 2.75) is 26.9 Å². The molecule has 4 nitrogen and oxygen atoms in total. The first kappa shape index (κ1) is 16.0. The number of carbonyl (C=O) groups excluding carboxylic acids is 1. The molecule has 0 aromatic heterocycles. The van der Waals surface area contributed by atoms with E-state index in [2.05, 4.69) is 11.4 Å². The lowest BCUT2D eigenvalue weighted by molar-refractivity contribution is -0.114. The van der Waals surface area contributed by atoms with E-state index in [0.29, 0.717) is 11.4 Å². The molecule has 22 heavy (non-hydrogen) atoms. The van der Waals surface area contributed by atoms with Crippen molar-refractivity contribution in [3.8, 4) is 5.75 Å². The van der Waals surface area contributed by atoms with Gasteiger partial charge >= 0.3 is 0 Å². The number of nitrogens with one attached hydrogen (secondary N) is 1. The Morgan fingerprint density at radius 1 is 1.18 bits per heavy atom. The lowest BCUT2D eigenvalue weighted by atomic mass is 10.0. The molecule has 0 radical (unpaired) electrons. The predicted molar refractivity (Wildman–Crippen MR) is 87.1 cm³/mol. The van der Waals surface area contributed by atoms with E-state index in [1.165, 1.54) is 6.92 Å². The van der Waals surface area contributed by atoms with E-state index in [1.807, 2.05) is 26.0 Å². The second-order valence-corrected chi connectivity index (χ2v) is 5.46. The first-order valence-electron chi connectivity index (χ1n) is 7.21. The molecule has 1 amide bonds. The van der Waals surface area contributed by atoms with Gasteiger partial charge in [-0.15, -0.1) is 0 Å². The Labute approximate surface area is 130 Å². The van der Waals surface area contributed by atoms with E-state index in [-0.39, 0.29) is 12.5 Å². The first-order chi connectivity index (χ1) is 10.4. The average Bonchev–Trinajstić information content (AvgIpc) is 2.43. The molecule has 0 bridgehead atoms. The van der Waals surface area contributed by atoms with Gasteiger partial charge in [0.05, 0.1) is 0 Å². The zero-order chi connectivity index (χ0) is 16.1. The molecule has 0 aliphatic rings. The number of anilines is 1. The highest BCUT2D eigenvalue weighted by Gasteiger charge is 2.10. The molecule has 0 aliphatic heterocycles. The molecule has 4 heteroatoms. The number of aryl methyl sites for hydroxylation is 2. The maximum absolute atomic E-state index is 11.0. The van der Waals surface area contributed by atoms with E-state index in [4.69, 9.17) is 4.74 Å². The van der Waals surface area contributed by atoms with Gasteiger partial charge in [0.25, 0.3) is 0 Å². The standard InChI is InChI=1S/C18H21NO3/c1-12-7-13(2)9-15(8-12)18(21)11-22-17-6-4-5-16(10-17)19-14(3)20/h4-10,18,21H,11H2,1-3H3,(H,19,20). The number of benzene rings is 2. The van der Waals surface area contributed by atoms with Gasteiger partial charge in [0.1, 0.15) is 18.5 Å². The average molecular weight is 299 g/mol. The molecule has 2 rings (SSSR count). The van der Waals surface area contributed by atoms with Crippen LogP contribution in [0.3, 0.4) is 0 Å². The van der Waals surface area contributed by atoms with Crippen LogP contribution >= 0.6 is 0 Å². The van der Waals surface area contributed by atoms with Crippen LogP contribution in [0, 0.1) is 13.8 Å². The van der Waals surface area contributed by atoms with Crippen LogP contribution in [0.4, 0.5) is 5.69 Å². The van der Waals surface area contributed by atoms with Crippen LogP contribution in [0.25, 0.3) is 0 Å². The highest BCUT2D eigenvalue weighted by molar-refractivity contribution is 5.88. The highest BCUT2D eigenvalue weighted by atomic mass is 16.5. The van der Waals surface area contributed by atoms with Crippen LogP contribution in [0.5, 0.6) is 5.75 Å². The Balaban J connectivity index is 2.01. The fraction of sp³-hybridized carbons (Fsp3) is 0.278. The summed E-state index contributed by atoms with van der Waals surface area (Å²) in [5.41, 5.74) is 3.74. The van der Waals surface area contributed by atoms with Gasteiger partial charge in [0.2, 0.25) is 5.91 Å². The van der Waals surface area contributed by atoms with Crippen molar-refractivity contribution in [3.05, 3.63) is 59.2 Å². The molecule has 0 saturated carbocycles. The molecule has 0 saturated heterocycles. The lowest BCUT2D eigenvalue weighted by Gasteiger charge is -2.14. The third kappa shape index (κ3) is 4.60. The normalized spacial score (nSPS) is 11.8. The van der Waals surface area contributed by atoms with Crippen LogP contribution in [-0.4, -0.2) is 17.6 Å². The summed E-state index contributed by atoms with van der Waals surface area (Å²) in [5, 5.41) is 12.9. The Kier molecular flexibility index (Phi) is 5.17. The number of amides is 1. The second-order valence-electron chi connectivity index (χ2n) is 5.46. The van der Waals surface area contributed by atoms with Crippen molar-refractivity contribution in [1.82, 2.24) is 0 Å². The first-order valence-corrected chi connectivity index (χ1v) is 7.21. The largest absolute Gasteiger partial charge is 0.490 e. The number of hydrogen-bond acceptors (Lipinski definition) is 3. The topological polar surface area (TPSA) is 58.6 Å². The summed E-state index contributed by atoms with van der Waals surface area (Å²) in [4.78, 5) is 11.0. The summed E-state index contributed by atoms with van der Waals surface area (Å²) in [6.45, 7) is 5.62. The van der Waals surface area contributed by atoms with Crippen molar-refractivity contribution in [2.24, 2.45) is 0 Å². The number of rotatable bonds is 5. The van der Waals surface area contributed by atoms with Crippen molar-refractivity contribution in [2.75, 3.05) is 11.9 Å². The molecule has 0 aliphatic carbocycles. The Hall–Kier alpha value is -2.33. The minimum absolute atomic E-state index is 0.132. The van der Waals surface area contributed by atoms with Crippen LogP contribution in [0.15, 0.2) is 42.5 Å². The van der Waals surface area contributed by atoms with Crippen LogP contribution in [-0.2, 0) is 4.79 Å². The maximum Gasteiger partial charge on any atom is 0.221 e. The number of hydrogen-bond donors (Lipinski definition) is 2. The summed E-state index contributed by atoms with van der Waals surface area (Å²) in [5.74, 6) is 0.474. The molecule has 1 unspecified atom stereocenters. The molecule has 2 aromatic rings. The van der Waals surface area contributed by atoms with Crippen molar-refractivity contribution in [3.63, 3.8) is 0 Å². The summed E-state index contributed by atoms with van der Waals surface area (Å²) >= 11 is 0. The lowest BCUT2D eigenvalue weighted by Crippen LogP contribution is -2.10. The third-order valence-electron chi connectivity index (χ3n) is 3.19. The fourth-order valence-electron chi connectivity index (χ4n) is 2.34. The SMILES string of the molecule is CC(=O)Nc1cccc(OCC(O)c2cc(C)cc(C)c2)c1. The summed E-state index contributed by atoms with van der Waals surface area (Å²) in [7, 11) is 0. The zero-order valence-corrected chi connectivity index (χ0v) is 13.1. The van der Waals surface area contributed by atoms with Crippen LogP contribution < -0.4 is 10.1 Å². The Bertz CT molecular complexity index is 647. The van der Waals surface area contributed by atoms with Gasteiger partial charge in [-0.1, -0.05) is 35.4 Å². The van der Waals surface area contributed by atoms with E-state index >= 15 is 0 Å². The maximum atomic E-state index is 11.0. The smallest absolute Gasteiger partial charge is 0.221 e. The van der Waals surface area contributed by atoms with E-state index in [0.717, 1.165) is 16.7 Å². The van der Waals surface area contributed by atoms with Crippen molar-refractivity contribution in [1.29, 1.82) is 0 Å². The van der Waals surface area contributed by atoms with Crippen LogP contribution in [0.2, 0.25) is 0 Å². The third-order valence-corrected chi connectivity index (χ3v) is 3.19. The molecule has 0 heterocycles. The fourth-order valence-corrected chi connectivity index (χ4v) is 2.34.